The number of pyridine rings is 1. The molecule has 2 aliphatic heterocycles. The number of ether oxygens (including phenoxy) is 1. The predicted octanol–water partition coefficient (Wildman–Crippen LogP) is 4.84. The number of hydrogen-bond donors (Lipinski definition) is 0. The molecule has 1 amide bonds. The Balaban J connectivity index is 1.40. The summed E-state index contributed by atoms with van der Waals surface area (Å²) in [6, 6.07) is 10.6. The molecular weight excluding hydrogens is 386 g/mol. The molecule has 1 atom stereocenters. The van der Waals surface area contributed by atoms with Crippen LogP contribution in [-0.2, 0) is 6.54 Å². The van der Waals surface area contributed by atoms with E-state index in [0.717, 1.165) is 75.2 Å². The number of benzene rings is 1. The summed E-state index contributed by atoms with van der Waals surface area (Å²) in [5.74, 6) is 0.893. The van der Waals surface area contributed by atoms with E-state index in [1.807, 2.05) is 31.5 Å². The summed E-state index contributed by atoms with van der Waals surface area (Å²) < 4.78 is 6.44. The third-order valence-electron chi connectivity index (χ3n) is 6.71. The van der Waals surface area contributed by atoms with Crippen molar-refractivity contribution in [1.82, 2.24) is 14.8 Å². The Bertz CT molecular complexity index is 862. The van der Waals surface area contributed by atoms with Gasteiger partial charge in [-0.2, -0.15) is 0 Å². The maximum Gasteiger partial charge on any atom is 0.257 e. The van der Waals surface area contributed by atoms with Gasteiger partial charge in [0.2, 0.25) is 0 Å². The highest BCUT2D eigenvalue weighted by Gasteiger charge is 2.29. The Kier molecular flexibility index (Phi) is 7.23. The van der Waals surface area contributed by atoms with E-state index in [2.05, 4.69) is 39.9 Å². The van der Waals surface area contributed by atoms with Crippen molar-refractivity contribution in [2.24, 2.45) is 0 Å². The van der Waals surface area contributed by atoms with Crippen LogP contribution in [0.15, 0.2) is 42.7 Å². The monoisotopic (exact) mass is 421 g/mol. The van der Waals surface area contributed by atoms with Crippen LogP contribution in [0, 0.1) is 6.92 Å². The SMILES string of the molecule is CCC1CCCCN1C(=O)c1cc(C)ccc1OC1CCN(Cc2ccncc2)CC1. The number of piperidine rings is 2. The number of likely N-dealkylation sites (tertiary alicyclic amines) is 2. The molecule has 166 valence electrons. The van der Waals surface area contributed by atoms with Crippen molar-refractivity contribution >= 4 is 5.91 Å². The van der Waals surface area contributed by atoms with Gasteiger partial charge in [0.15, 0.2) is 0 Å². The van der Waals surface area contributed by atoms with Crippen LogP contribution in [-0.4, -0.2) is 52.5 Å². The number of carbonyl (C=O) groups excluding carboxylic acids is 1. The van der Waals surface area contributed by atoms with Crippen LogP contribution in [0.4, 0.5) is 0 Å². The van der Waals surface area contributed by atoms with Crippen molar-refractivity contribution in [3.05, 3.63) is 59.4 Å². The molecule has 2 saturated heterocycles. The van der Waals surface area contributed by atoms with Gasteiger partial charge in [-0.3, -0.25) is 14.7 Å². The molecule has 0 spiro atoms. The average Bonchev–Trinajstić information content (AvgIpc) is 2.81. The van der Waals surface area contributed by atoms with Gasteiger partial charge in [-0.05, 0) is 75.3 Å². The van der Waals surface area contributed by atoms with Crippen LogP contribution in [0.5, 0.6) is 5.75 Å². The lowest BCUT2D eigenvalue weighted by atomic mass is 9.98. The topological polar surface area (TPSA) is 45.7 Å². The first kappa shape index (κ1) is 21.8. The van der Waals surface area contributed by atoms with Gasteiger partial charge in [0.05, 0.1) is 5.56 Å². The first-order chi connectivity index (χ1) is 15.1. The van der Waals surface area contributed by atoms with E-state index in [9.17, 15) is 4.79 Å². The summed E-state index contributed by atoms with van der Waals surface area (Å²) in [4.78, 5) is 22.1. The number of hydrogen-bond acceptors (Lipinski definition) is 4. The van der Waals surface area contributed by atoms with Gasteiger partial charge in [-0.25, -0.2) is 0 Å². The van der Waals surface area contributed by atoms with Crippen molar-refractivity contribution in [1.29, 1.82) is 0 Å². The second-order valence-electron chi connectivity index (χ2n) is 9.00. The molecular formula is C26H35N3O2. The molecule has 2 aromatic rings. The molecule has 1 unspecified atom stereocenters. The van der Waals surface area contributed by atoms with Crippen molar-refractivity contribution in [2.45, 2.75) is 71.1 Å². The van der Waals surface area contributed by atoms with Gasteiger partial charge < -0.3 is 9.64 Å². The van der Waals surface area contributed by atoms with Crippen LogP contribution >= 0.6 is 0 Å². The summed E-state index contributed by atoms with van der Waals surface area (Å²) in [5, 5.41) is 0. The molecule has 3 heterocycles. The Labute approximate surface area is 186 Å². The van der Waals surface area contributed by atoms with Crippen LogP contribution in [0.1, 0.15) is 66.9 Å². The highest BCUT2D eigenvalue weighted by atomic mass is 16.5. The van der Waals surface area contributed by atoms with Crippen molar-refractivity contribution in [3.8, 4) is 5.75 Å². The van der Waals surface area contributed by atoms with Crippen LogP contribution in [0.2, 0.25) is 0 Å². The van der Waals surface area contributed by atoms with Gasteiger partial charge in [-0.15, -0.1) is 0 Å². The second-order valence-corrected chi connectivity index (χ2v) is 9.00. The number of rotatable bonds is 6. The molecule has 0 bridgehead atoms. The number of aryl methyl sites for hydroxylation is 1. The zero-order valence-corrected chi connectivity index (χ0v) is 18.9. The fourth-order valence-electron chi connectivity index (χ4n) is 4.87. The highest BCUT2D eigenvalue weighted by Crippen LogP contribution is 2.29. The minimum atomic E-state index is 0.139. The fourth-order valence-corrected chi connectivity index (χ4v) is 4.87. The summed E-state index contributed by atoms with van der Waals surface area (Å²) in [6.07, 6.45) is 10.3. The standard InChI is InChI=1S/C26H35N3O2/c1-3-22-6-4-5-15-29(22)26(30)24-18-20(2)7-8-25(24)31-23-11-16-28(17-12-23)19-21-9-13-27-14-10-21/h7-10,13-14,18,22-23H,3-6,11-12,15-17,19H2,1-2H3. The van der Waals surface area contributed by atoms with Gasteiger partial charge >= 0.3 is 0 Å². The molecule has 0 saturated carbocycles. The van der Waals surface area contributed by atoms with Crippen LogP contribution < -0.4 is 4.74 Å². The number of carbonyl (C=O) groups is 1. The number of nitrogens with zero attached hydrogens (tertiary/aromatic N) is 3. The summed E-state index contributed by atoms with van der Waals surface area (Å²) in [6.45, 7) is 8.06. The number of amides is 1. The van der Waals surface area contributed by atoms with E-state index in [1.165, 1.54) is 12.0 Å². The largest absolute Gasteiger partial charge is 0.489 e. The van der Waals surface area contributed by atoms with E-state index < -0.39 is 0 Å². The third-order valence-corrected chi connectivity index (χ3v) is 6.71. The predicted molar refractivity (Wildman–Crippen MR) is 123 cm³/mol. The maximum atomic E-state index is 13.5. The fraction of sp³-hybridized carbons (Fsp3) is 0.538. The first-order valence-electron chi connectivity index (χ1n) is 11.8. The zero-order valence-electron chi connectivity index (χ0n) is 18.9. The van der Waals surface area contributed by atoms with Crippen molar-refractivity contribution in [2.75, 3.05) is 19.6 Å². The molecule has 0 radical (unpaired) electrons. The molecule has 5 nitrogen and oxygen atoms in total. The Hall–Kier alpha value is -2.40. The molecule has 31 heavy (non-hydrogen) atoms. The number of aromatic nitrogens is 1. The summed E-state index contributed by atoms with van der Waals surface area (Å²) in [7, 11) is 0. The van der Waals surface area contributed by atoms with E-state index in [1.54, 1.807) is 0 Å². The molecule has 4 rings (SSSR count). The van der Waals surface area contributed by atoms with Crippen molar-refractivity contribution < 1.29 is 9.53 Å². The normalized spacial score (nSPS) is 20.6. The van der Waals surface area contributed by atoms with Gasteiger partial charge in [0.1, 0.15) is 11.9 Å². The lowest BCUT2D eigenvalue weighted by Crippen LogP contribution is -2.43. The van der Waals surface area contributed by atoms with E-state index in [0.29, 0.717) is 6.04 Å². The molecule has 5 heteroatoms. The minimum absolute atomic E-state index is 0.139. The highest BCUT2D eigenvalue weighted by molar-refractivity contribution is 5.97. The molecule has 0 aliphatic carbocycles. The molecule has 1 aromatic heterocycles. The van der Waals surface area contributed by atoms with Gasteiger partial charge in [-0.1, -0.05) is 18.6 Å². The van der Waals surface area contributed by atoms with Gasteiger partial charge in [0.25, 0.3) is 5.91 Å². The third kappa shape index (κ3) is 5.45. The average molecular weight is 422 g/mol. The van der Waals surface area contributed by atoms with Crippen LogP contribution in [0.25, 0.3) is 0 Å². The molecule has 2 fully saturated rings. The quantitative estimate of drug-likeness (QED) is 0.670. The van der Waals surface area contributed by atoms with Crippen molar-refractivity contribution in [3.63, 3.8) is 0 Å². The lowest BCUT2D eigenvalue weighted by Gasteiger charge is -2.36. The second kappa shape index (κ2) is 10.3. The smallest absolute Gasteiger partial charge is 0.257 e. The van der Waals surface area contributed by atoms with E-state index in [4.69, 9.17) is 4.74 Å². The minimum Gasteiger partial charge on any atom is -0.489 e. The van der Waals surface area contributed by atoms with Crippen LogP contribution in [0.3, 0.4) is 0 Å². The maximum absolute atomic E-state index is 13.5. The summed E-state index contributed by atoms with van der Waals surface area (Å²) in [5.41, 5.74) is 3.14. The Morgan fingerprint density at radius 1 is 1.06 bits per heavy atom. The molecule has 0 N–H and O–H groups in total. The Morgan fingerprint density at radius 2 is 1.84 bits per heavy atom. The summed E-state index contributed by atoms with van der Waals surface area (Å²) >= 11 is 0. The first-order valence-corrected chi connectivity index (χ1v) is 11.8. The van der Waals surface area contributed by atoms with E-state index in [-0.39, 0.29) is 12.0 Å². The zero-order chi connectivity index (χ0) is 21.6. The molecule has 1 aromatic carbocycles. The Morgan fingerprint density at radius 3 is 2.58 bits per heavy atom. The molecule has 2 aliphatic rings. The van der Waals surface area contributed by atoms with E-state index >= 15 is 0 Å². The lowest BCUT2D eigenvalue weighted by molar-refractivity contribution is 0.0591. The van der Waals surface area contributed by atoms with Gasteiger partial charge in [0, 0.05) is 44.6 Å².